The molecule has 0 aliphatic heterocycles. The topological polar surface area (TPSA) is 17.1 Å². The zero-order valence-corrected chi connectivity index (χ0v) is 13.6. The van der Waals surface area contributed by atoms with Crippen LogP contribution in [0.5, 0.6) is 0 Å². The van der Waals surface area contributed by atoms with Crippen molar-refractivity contribution in [2.24, 2.45) is 5.92 Å². The molecular weight excluding hydrogens is 232 g/mol. The van der Waals surface area contributed by atoms with Crippen LogP contribution < -0.4 is 0 Å². The third-order valence-corrected chi connectivity index (χ3v) is 3.37. The number of ketones is 1. The van der Waals surface area contributed by atoms with Crippen molar-refractivity contribution in [3.8, 4) is 0 Å². The van der Waals surface area contributed by atoms with E-state index in [1.54, 1.807) is 6.92 Å². The molecule has 19 heavy (non-hydrogen) atoms. The van der Waals surface area contributed by atoms with Crippen molar-refractivity contribution in [1.82, 2.24) is 0 Å². The van der Waals surface area contributed by atoms with Crippen LogP contribution in [-0.4, -0.2) is 5.78 Å². The summed E-state index contributed by atoms with van der Waals surface area (Å²) >= 11 is 0. The first-order valence-corrected chi connectivity index (χ1v) is 7.72. The SMILES string of the molecule is CC(=O)CC/C=C(\C)CCC/C(C)=C/CCC(C)C. The van der Waals surface area contributed by atoms with Gasteiger partial charge in [-0.3, -0.25) is 0 Å². The Morgan fingerprint density at radius 2 is 1.42 bits per heavy atom. The molecule has 0 fully saturated rings. The van der Waals surface area contributed by atoms with Crippen LogP contribution in [0.15, 0.2) is 23.3 Å². The van der Waals surface area contributed by atoms with Gasteiger partial charge in [0, 0.05) is 6.42 Å². The monoisotopic (exact) mass is 264 g/mol. The second-order valence-electron chi connectivity index (χ2n) is 6.17. The van der Waals surface area contributed by atoms with Crippen LogP contribution in [-0.2, 0) is 4.79 Å². The summed E-state index contributed by atoms with van der Waals surface area (Å²) in [6, 6.07) is 0. The molecule has 0 radical (unpaired) electrons. The number of carbonyl (C=O) groups excluding carboxylic acids is 1. The minimum absolute atomic E-state index is 0.285. The Labute approximate surface area is 120 Å². The van der Waals surface area contributed by atoms with Crippen LogP contribution >= 0.6 is 0 Å². The Kier molecular flexibility index (Phi) is 10.5. The lowest BCUT2D eigenvalue weighted by Gasteiger charge is -2.04. The van der Waals surface area contributed by atoms with Crippen LogP contribution in [0.2, 0.25) is 0 Å². The van der Waals surface area contributed by atoms with E-state index in [1.165, 1.54) is 36.8 Å². The molecule has 0 aliphatic carbocycles. The van der Waals surface area contributed by atoms with Gasteiger partial charge in [0.1, 0.15) is 5.78 Å². The number of carbonyl (C=O) groups is 1. The summed E-state index contributed by atoms with van der Waals surface area (Å²) in [5.74, 6) is 1.09. The molecule has 0 heterocycles. The van der Waals surface area contributed by atoms with E-state index in [0.717, 1.165) is 18.8 Å². The standard InChI is InChI=1S/C18H32O/c1-15(2)9-6-10-16(3)11-7-12-17(4)13-8-14-18(5)19/h10,13,15H,6-9,11-12,14H2,1-5H3/b16-10+,17-13+. The van der Waals surface area contributed by atoms with Crippen LogP contribution in [0.1, 0.15) is 79.6 Å². The van der Waals surface area contributed by atoms with E-state index in [9.17, 15) is 4.79 Å². The lowest BCUT2D eigenvalue weighted by molar-refractivity contribution is -0.116. The van der Waals surface area contributed by atoms with E-state index >= 15 is 0 Å². The molecule has 1 nitrogen and oxygen atoms in total. The molecule has 110 valence electrons. The van der Waals surface area contributed by atoms with Gasteiger partial charge in [-0.1, -0.05) is 37.1 Å². The summed E-state index contributed by atoms with van der Waals surface area (Å²) in [7, 11) is 0. The van der Waals surface area contributed by atoms with E-state index in [4.69, 9.17) is 0 Å². The van der Waals surface area contributed by atoms with Crippen molar-refractivity contribution < 1.29 is 4.79 Å². The third-order valence-electron chi connectivity index (χ3n) is 3.37. The molecule has 0 bridgehead atoms. The number of hydrogen-bond acceptors (Lipinski definition) is 1. The Balaban J connectivity index is 3.73. The maximum atomic E-state index is 10.8. The molecule has 0 rings (SSSR count). The van der Waals surface area contributed by atoms with Gasteiger partial charge in [0.2, 0.25) is 0 Å². The summed E-state index contributed by atoms with van der Waals surface area (Å²) < 4.78 is 0. The number of allylic oxidation sites excluding steroid dienone is 4. The zero-order valence-electron chi connectivity index (χ0n) is 13.6. The van der Waals surface area contributed by atoms with Gasteiger partial charge in [-0.15, -0.1) is 0 Å². The Hall–Kier alpha value is -0.850. The van der Waals surface area contributed by atoms with Crippen molar-refractivity contribution in [2.45, 2.75) is 79.6 Å². The fraction of sp³-hybridized carbons (Fsp3) is 0.722. The van der Waals surface area contributed by atoms with Gasteiger partial charge in [-0.2, -0.15) is 0 Å². The Morgan fingerprint density at radius 1 is 0.895 bits per heavy atom. The average molecular weight is 264 g/mol. The van der Waals surface area contributed by atoms with Crippen molar-refractivity contribution in [2.75, 3.05) is 0 Å². The molecule has 0 unspecified atom stereocenters. The van der Waals surface area contributed by atoms with E-state index < -0.39 is 0 Å². The van der Waals surface area contributed by atoms with Crippen molar-refractivity contribution in [3.63, 3.8) is 0 Å². The van der Waals surface area contributed by atoms with Gasteiger partial charge in [0.15, 0.2) is 0 Å². The van der Waals surface area contributed by atoms with Crippen LogP contribution in [0.3, 0.4) is 0 Å². The molecule has 0 aromatic rings. The first-order chi connectivity index (χ1) is 8.91. The summed E-state index contributed by atoms with van der Waals surface area (Å²) in [6.45, 7) is 10.6. The van der Waals surface area contributed by atoms with Gasteiger partial charge < -0.3 is 4.79 Å². The number of Topliss-reactive ketones (excluding diaryl/α,β-unsaturated/α-hetero) is 1. The highest BCUT2D eigenvalue weighted by Gasteiger charge is 1.96. The molecule has 0 amide bonds. The van der Waals surface area contributed by atoms with Crippen LogP contribution in [0.4, 0.5) is 0 Å². The number of rotatable bonds is 10. The minimum atomic E-state index is 0.285. The highest BCUT2D eigenvalue weighted by molar-refractivity contribution is 5.75. The first-order valence-electron chi connectivity index (χ1n) is 7.72. The molecule has 0 N–H and O–H groups in total. The van der Waals surface area contributed by atoms with Gasteiger partial charge in [0.25, 0.3) is 0 Å². The summed E-state index contributed by atoms with van der Waals surface area (Å²) in [5.41, 5.74) is 2.95. The van der Waals surface area contributed by atoms with E-state index in [2.05, 4.69) is 39.8 Å². The lowest BCUT2D eigenvalue weighted by atomic mass is 10.0. The molecule has 0 aliphatic rings. The van der Waals surface area contributed by atoms with Gasteiger partial charge in [0.05, 0.1) is 0 Å². The summed E-state index contributed by atoms with van der Waals surface area (Å²) in [5, 5.41) is 0. The highest BCUT2D eigenvalue weighted by atomic mass is 16.1. The smallest absolute Gasteiger partial charge is 0.130 e. The van der Waals surface area contributed by atoms with Crippen LogP contribution in [0, 0.1) is 5.92 Å². The van der Waals surface area contributed by atoms with E-state index in [1.807, 2.05) is 0 Å². The second-order valence-corrected chi connectivity index (χ2v) is 6.17. The van der Waals surface area contributed by atoms with Crippen molar-refractivity contribution >= 4 is 5.78 Å². The predicted octanol–water partition coefficient (Wildman–Crippen LogP) is 5.85. The molecular formula is C18H32O. The van der Waals surface area contributed by atoms with Crippen molar-refractivity contribution in [1.29, 1.82) is 0 Å². The molecule has 0 saturated carbocycles. The highest BCUT2D eigenvalue weighted by Crippen LogP contribution is 2.14. The Bertz CT molecular complexity index is 308. The fourth-order valence-electron chi connectivity index (χ4n) is 2.04. The summed E-state index contributed by atoms with van der Waals surface area (Å²) in [4.78, 5) is 10.8. The summed E-state index contributed by atoms with van der Waals surface area (Å²) in [6.07, 6.45) is 12.3. The predicted molar refractivity (Wildman–Crippen MR) is 85.4 cm³/mol. The van der Waals surface area contributed by atoms with Gasteiger partial charge >= 0.3 is 0 Å². The zero-order chi connectivity index (χ0) is 14.7. The first kappa shape index (κ1) is 18.1. The molecule has 0 spiro atoms. The van der Waals surface area contributed by atoms with E-state index in [0.29, 0.717) is 6.42 Å². The van der Waals surface area contributed by atoms with Gasteiger partial charge in [-0.25, -0.2) is 0 Å². The molecule has 0 aromatic heterocycles. The quantitative estimate of drug-likeness (QED) is 0.452. The van der Waals surface area contributed by atoms with E-state index in [-0.39, 0.29) is 5.78 Å². The fourth-order valence-corrected chi connectivity index (χ4v) is 2.04. The molecule has 0 atom stereocenters. The maximum Gasteiger partial charge on any atom is 0.130 e. The minimum Gasteiger partial charge on any atom is -0.300 e. The third kappa shape index (κ3) is 13.4. The average Bonchev–Trinajstić information content (AvgIpc) is 2.27. The maximum absolute atomic E-state index is 10.8. The van der Waals surface area contributed by atoms with Crippen molar-refractivity contribution in [3.05, 3.63) is 23.3 Å². The van der Waals surface area contributed by atoms with Gasteiger partial charge in [-0.05, 0) is 65.2 Å². The lowest BCUT2D eigenvalue weighted by Crippen LogP contribution is -1.88. The molecule has 1 heteroatoms. The largest absolute Gasteiger partial charge is 0.300 e. The molecule has 0 saturated heterocycles. The number of hydrogen-bond donors (Lipinski definition) is 0. The van der Waals surface area contributed by atoms with Crippen LogP contribution in [0.25, 0.3) is 0 Å². The second kappa shape index (κ2) is 11.0. The normalized spacial score (nSPS) is 13.2. The molecule has 0 aromatic carbocycles. The Morgan fingerprint density at radius 3 is 1.89 bits per heavy atom.